The van der Waals surface area contributed by atoms with Crippen LogP contribution in [0.4, 0.5) is 0 Å². The molecule has 1 aliphatic rings. The summed E-state index contributed by atoms with van der Waals surface area (Å²) in [5.41, 5.74) is 0. The summed E-state index contributed by atoms with van der Waals surface area (Å²) in [6.07, 6.45) is 0.251. The Hall–Kier alpha value is -1.10. The van der Waals surface area contributed by atoms with Gasteiger partial charge in [0.2, 0.25) is 5.91 Å². The molecule has 1 heterocycles. The van der Waals surface area contributed by atoms with Crippen LogP contribution in [0.2, 0.25) is 0 Å². The second-order valence-corrected chi connectivity index (χ2v) is 3.77. The lowest BCUT2D eigenvalue weighted by molar-refractivity contribution is -0.145. The zero-order valence-electron chi connectivity index (χ0n) is 9.36. The molecule has 2 atom stereocenters. The number of hydrogen-bond acceptors (Lipinski definition) is 4. The molecule has 0 spiro atoms. The molecule has 0 unspecified atom stereocenters. The molecule has 1 rings (SSSR count). The Morgan fingerprint density at radius 2 is 2.27 bits per heavy atom. The van der Waals surface area contributed by atoms with E-state index in [9.17, 15) is 9.59 Å². The Kier molecular flexibility index (Phi) is 4.08. The maximum Gasteiger partial charge on any atom is 0.310 e. The summed E-state index contributed by atoms with van der Waals surface area (Å²) in [7, 11) is 2.93. The molecule has 0 saturated carbocycles. The van der Waals surface area contributed by atoms with Crippen LogP contribution < -0.4 is 0 Å². The Morgan fingerprint density at radius 3 is 2.80 bits per heavy atom. The predicted octanol–water partition coefficient (Wildman–Crippen LogP) is 0.0428. The maximum atomic E-state index is 11.6. The number of likely N-dealkylation sites (tertiary alicyclic amines) is 1. The zero-order valence-corrected chi connectivity index (χ0v) is 9.36. The van der Waals surface area contributed by atoms with Gasteiger partial charge in [-0.25, -0.2) is 0 Å². The van der Waals surface area contributed by atoms with Crippen molar-refractivity contribution >= 4 is 11.9 Å². The summed E-state index contributed by atoms with van der Waals surface area (Å²) >= 11 is 0. The fraction of sp³-hybridized carbons (Fsp3) is 0.800. The van der Waals surface area contributed by atoms with Crippen molar-refractivity contribution in [2.75, 3.05) is 27.4 Å². The molecule has 1 amide bonds. The number of methoxy groups -OCH3 is 2. The molecule has 0 aromatic rings. The van der Waals surface area contributed by atoms with E-state index in [4.69, 9.17) is 4.74 Å². The molecule has 0 aliphatic carbocycles. The SMILES string of the molecule is COC[C@H](C)N1C[C@@H](C(=O)OC)CC1=O. The van der Waals surface area contributed by atoms with Gasteiger partial charge >= 0.3 is 5.97 Å². The summed E-state index contributed by atoms with van der Waals surface area (Å²) in [6.45, 7) is 2.83. The van der Waals surface area contributed by atoms with Crippen molar-refractivity contribution in [2.24, 2.45) is 5.92 Å². The van der Waals surface area contributed by atoms with Gasteiger partial charge in [0.05, 0.1) is 25.7 Å². The summed E-state index contributed by atoms with van der Waals surface area (Å²) in [6, 6.07) is 0.0113. The molecule has 15 heavy (non-hydrogen) atoms. The molecule has 0 radical (unpaired) electrons. The van der Waals surface area contributed by atoms with Crippen LogP contribution in [0.3, 0.4) is 0 Å². The lowest BCUT2D eigenvalue weighted by Crippen LogP contribution is -2.37. The Labute approximate surface area is 89.3 Å². The van der Waals surface area contributed by atoms with Gasteiger partial charge < -0.3 is 14.4 Å². The third kappa shape index (κ3) is 2.68. The largest absolute Gasteiger partial charge is 0.469 e. The van der Waals surface area contributed by atoms with Gasteiger partial charge in [-0.05, 0) is 6.92 Å². The molecule has 1 fully saturated rings. The third-order valence-corrected chi connectivity index (χ3v) is 2.63. The van der Waals surface area contributed by atoms with E-state index in [0.717, 1.165) is 0 Å². The van der Waals surface area contributed by atoms with Crippen LogP contribution in [0, 0.1) is 5.92 Å². The van der Waals surface area contributed by atoms with Crippen molar-refractivity contribution in [1.29, 1.82) is 0 Å². The van der Waals surface area contributed by atoms with Crippen LogP contribution in [0.15, 0.2) is 0 Å². The number of amides is 1. The minimum atomic E-state index is -0.318. The topological polar surface area (TPSA) is 55.8 Å². The first-order valence-corrected chi connectivity index (χ1v) is 4.96. The number of carbonyl (C=O) groups excluding carboxylic acids is 2. The molecule has 5 heteroatoms. The fourth-order valence-corrected chi connectivity index (χ4v) is 1.81. The van der Waals surface area contributed by atoms with Gasteiger partial charge in [0.15, 0.2) is 0 Å². The van der Waals surface area contributed by atoms with E-state index >= 15 is 0 Å². The number of carbonyl (C=O) groups is 2. The maximum absolute atomic E-state index is 11.6. The van der Waals surface area contributed by atoms with Gasteiger partial charge in [-0.1, -0.05) is 0 Å². The van der Waals surface area contributed by atoms with Gasteiger partial charge in [0.1, 0.15) is 0 Å². The molecular formula is C10H17NO4. The number of nitrogens with zero attached hydrogens (tertiary/aromatic N) is 1. The smallest absolute Gasteiger partial charge is 0.310 e. The molecule has 1 aliphatic heterocycles. The number of rotatable bonds is 4. The van der Waals surface area contributed by atoms with E-state index in [1.807, 2.05) is 6.92 Å². The van der Waals surface area contributed by atoms with Crippen LogP contribution in [0.1, 0.15) is 13.3 Å². The summed E-state index contributed by atoms with van der Waals surface area (Å²) in [5, 5.41) is 0. The first-order chi connectivity index (χ1) is 7.10. The van der Waals surface area contributed by atoms with Crippen molar-refractivity contribution in [1.82, 2.24) is 4.90 Å². The average Bonchev–Trinajstić information content (AvgIpc) is 2.59. The van der Waals surface area contributed by atoms with E-state index in [0.29, 0.717) is 13.2 Å². The van der Waals surface area contributed by atoms with Crippen molar-refractivity contribution in [3.63, 3.8) is 0 Å². The van der Waals surface area contributed by atoms with Crippen LogP contribution >= 0.6 is 0 Å². The summed E-state index contributed by atoms with van der Waals surface area (Å²) < 4.78 is 9.60. The Balaban J connectivity index is 2.56. The molecule has 5 nitrogen and oxygen atoms in total. The van der Waals surface area contributed by atoms with E-state index in [2.05, 4.69) is 4.74 Å². The first-order valence-electron chi connectivity index (χ1n) is 4.96. The van der Waals surface area contributed by atoms with Crippen molar-refractivity contribution < 1.29 is 19.1 Å². The van der Waals surface area contributed by atoms with Gasteiger partial charge in [-0.2, -0.15) is 0 Å². The van der Waals surface area contributed by atoms with E-state index in [1.54, 1.807) is 12.0 Å². The lowest BCUT2D eigenvalue weighted by Gasteiger charge is -2.23. The third-order valence-electron chi connectivity index (χ3n) is 2.63. The quantitative estimate of drug-likeness (QED) is 0.621. The normalized spacial score (nSPS) is 23.0. The van der Waals surface area contributed by atoms with Crippen molar-refractivity contribution in [3.8, 4) is 0 Å². The standard InChI is InChI=1S/C10H17NO4/c1-7(6-14-2)11-5-8(4-9(11)12)10(13)15-3/h7-8H,4-6H2,1-3H3/t7-,8-/m0/s1. The molecule has 0 aromatic carbocycles. The van der Waals surface area contributed by atoms with Gasteiger partial charge in [0, 0.05) is 20.1 Å². The minimum absolute atomic E-state index is 0.00468. The highest BCUT2D eigenvalue weighted by molar-refractivity contribution is 5.86. The highest BCUT2D eigenvalue weighted by atomic mass is 16.5. The van der Waals surface area contributed by atoms with Crippen molar-refractivity contribution in [3.05, 3.63) is 0 Å². The van der Waals surface area contributed by atoms with E-state index < -0.39 is 0 Å². The molecule has 86 valence electrons. The Morgan fingerprint density at radius 1 is 1.60 bits per heavy atom. The lowest BCUT2D eigenvalue weighted by atomic mass is 10.1. The minimum Gasteiger partial charge on any atom is -0.469 e. The van der Waals surface area contributed by atoms with E-state index in [1.165, 1.54) is 7.11 Å². The molecule has 1 saturated heterocycles. The highest BCUT2D eigenvalue weighted by Gasteiger charge is 2.37. The number of hydrogen-bond donors (Lipinski definition) is 0. The van der Waals surface area contributed by atoms with Crippen LogP contribution in [0.25, 0.3) is 0 Å². The van der Waals surface area contributed by atoms with Gasteiger partial charge in [-0.15, -0.1) is 0 Å². The second-order valence-electron chi connectivity index (χ2n) is 3.77. The van der Waals surface area contributed by atoms with E-state index in [-0.39, 0.29) is 30.3 Å². The monoisotopic (exact) mass is 215 g/mol. The van der Waals surface area contributed by atoms with Crippen LogP contribution in [-0.2, 0) is 19.1 Å². The number of ether oxygens (including phenoxy) is 2. The van der Waals surface area contributed by atoms with Gasteiger partial charge in [0.25, 0.3) is 0 Å². The molecule has 0 aromatic heterocycles. The second kappa shape index (κ2) is 5.11. The van der Waals surface area contributed by atoms with Crippen LogP contribution in [0.5, 0.6) is 0 Å². The fourth-order valence-electron chi connectivity index (χ4n) is 1.81. The van der Waals surface area contributed by atoms with Crippen molar-refractivity contribution in [2.45, 2.75) is 19.4 Å². The van der Waals surface area contributed by atoms with Gasteiger partial charge in [-0.3, -0.25) is 9.59 Å². The molecule has 0 N–H and O–H groups in total. The Bertz CT molecular complexity index is 254. The highest BCUT2D eigenvalue weighted by Crippen LogP contribution is 2.21. The predicted molar refractivity (Wildman–Crippen MR) is 53.2 cm³/mol. The molecular weight excluding hydrogens is 198 g/mol. The summed E-state index contributed by atoms with van der Waals surface area (Å²) in [5.74, 6) is -0.632. The van der Waals surface area contributed by atoms with Crippen LogP contribution in [-0.4, -0.2) is 50.2 Å². The average molecular weight is 215 g/mol. The number of esters is 1. The molecule has 0 bridgehead atoms. The zero-order chi connectivity index (χ0) is 11.4. The first kappa shape index (κ1) is 12.0. The summed E-state index contributed by atoms with van der Waals surface area (Å²) in [4.78, 5) is 24.5.